The number of likely N-dealkylation sites (tertiary alicyclic amines) is 1. The van der Waals surface area contributed by atoms with E-state index < -0.39 is 5.76 Å². The molecule has 1 atom stereocenters. The van der Waals surface area contributed by atoms with Crippen molar-refractivity contribution >= 4 is 17.0 Å². The summed E-state index contributed by atoms with van der Waals surface area (Å²) in [6, 6.07) is 15.6. The van der Waals surface area contributed by atoms with Gasteiger partial charge in [-0.3, -0.25) is 9.36 Å². The van der Waals surface area contributed by atoms with Crippen LogP contribution in [0.3, 0.4) is 0 Å². The first-order valence-corrected chi connectivity index (χ1v) is 11.0. The number of ether oxygens (including phenoxy) is 1. The molecule has 2 heterocycles. The average Bonchev–Trinajstić information content (AvgIpc) is 3.13. The first-order valence-electron chi connectivity index (χ1n) is 11.0. The molecule has 0 radical (unpaired) electrons. The number of carbonyl (C=O) groups excluding carboxylic acids is 1. The van der Waals surface area contributed by atoms with Crippen LogP contribution in [0, 0.1) is 0 Å². The van der Waals surface area contributed by atoms with Crippen molar-refractivity contribution in [1.82, 2.24) is 9.88 Å². The Morgan fingerprint density at radius 1 is 1.13 bits per heavy atom. The summed E-state index contributed by atoms with van der Waals surface area (Å²) >= 11 is 0. The number of carbonyl (C=O) groups is 1. The van der Waals surface area contributed by atoms with Gasteiger partial charge in [-0.05, 0) is 55.7 Å². The van der Waals surface area contributed by atoms with E-state index in [1.165, 1.54) is 34.3 Å². The molecule has 7 nitrogen and oxygen atoms in total. The second-order valence-corrected chi connectivity index (χ2v) is 8.09. The first-order chi connectivity index (χ1) is 15.2. The summed E-state index contributed by atoms with van der Waals surface area (Å²) in [5.41, 5.74) is 2.46. The Kier molecular flexibility index (Phi) is 6.72. The van der Waals surface area contributed by atoms with Crippen LogP contribution in [0.2, 0.25) is 0 Å². The largest absolute Gasteiger partial charge is 0.497 e. The molecule has 0 bridgehead atoms. The fourth-order valence-electron chi connectivity index (χ4n) is 4.43. The van der Waals surface area contributed by atoms with Crippen molar-refractivity contribution in [3.63, 3.8) is 0 Å². The number of fused-ring (bicyclic) bond motifs is 1. The quantitative estimate of drug-likeness (QED) is 0.579. The van der Waals surface area contributed by atoms with Gasteiger partial charge in [-0.1, -0.05) is 12.1 Å². The third-order valence-corrected chi connectivity index (χ3v) is 6.15. The molecule has 31 heavy (non-hydrogen) atoms. The van der Waals surface area contributed by atoms with E-state index >= 15 is 0 Å². The number of hydrogen-bond donors (Lipinski definition) is 2. The van der Waals surface area contributed by atoms with Gasteiger partial charge in [0.2, 0.25) is 5.91 Å². The van der Waals surface area contributed by atoms with Crippen LogP contribution in [0.5, 0.6) is 5.75 Å². The van der Waals surface area contributed by atoms with Gasteiger partial charge in [0, 0.05) is 18.5 Å². The zero-order valence-corrected chi connectivity index (χ0v) is 17.9. The highest BCUT2D eigenvalue weighted by molar-refractivity contribution is 5.76. The Labute approximate surface area is 181 Å². The fraction of sp³-hybridized carbons (Fsp3) is 0.417. The molecule has 1 saturated heterocycles. The number of amides is 1. The predicted octanol–water partition coefficient (Wildman–Crippen LogP) is 1.92. The molecule has 0 saturated carbocycles. The molecule has 2 N–H and O–H groups in total. The number of aryl methyl sites for hydroxylation is 1. The van der Waals surface area contributed by atoms with Crippen molar-refractivity contribution in [3.8, 4) is 5.75 Å². The van der Waals surface area contributed by atoms with Crippen LogP contribution in [0.25, 0.3) is 11.1 Å². The lowest BCUT2D eigenvalue weighted by atomic mass is 10.0. The molecule has 4 rings (SSSR count). The lowest BCUT2D eigenvalue weighted by molar-refractivity contribution is -0.935. The highest BCUT2D eigenvalue weighted by Gasteiger charge is 2.26. The summed E-state index contributed by atoms with van der Waals surface area (Å²) < 4.78 is 12.1. The van der Waals surface area contributed by atoms with E-state index in [0.29, 0.717) is 24.2 Å². The lowest BCUT2D eigenvalue weighted by Crippen LogP contribution is -3.13. The zero-order valence-electron chi connectivity index (χ0n) is 17.9. The van der Waals surface area contributed by atoms with Crippen molar-refractivity contribution in [1.29, 1.82) is 0 Å². The standard InChI is InChI=1S/C24H29N3O4/c1-30-19-11-9-18(10-12-19)21(26-14-5-2-6-15-26)17-25-23(28)13-16-27-20-7-3-4-8-22(20)31-24(27)29/h3-4,7-12,21H,2,5-6,13-17H2,1H3,(H,25,28)/p+1/t21-/m0/s1. The summed E-state index contributed by atoms with van der Waals surface area (Å²) in [5, 5.41) is 3.10. The van der Waals surface area contributed by atoms with E-state index in [4.69, 9.17) is 9.15 Å². The number of hydrogen-bond acceptors (Lipinski definition) is 4. The smallest absolute Gasteiger partial charge is 0.419 e. The summed E-state index contributed by atoms with van der Waals surface area (Å²) in [5.74, 6) is 0.341. The van der Waals surface area contributed by atoms with Gasteiger partial charge in [-0.25, -0.2) is 4.79 Å². The number of para-hydroxylation sites is 2. The minimum absolute atomic E-state index is 0.0629. The van der Waals surface area contributed by atoms with Gasteiger partial charge in [-0.2, -0.15) is 0 Å². The van der Waals surface area contributed by atoms with Gasteiger partial charge in [0.1, 0.15) is 11.8 Å². The molecule has 1 amide bonds. The number of nitrogens with zero attached hydrogens (tertiary/aromatic N) is 1. The number of methoxy groups -OCH3 is 1. The number of oxazole rings is 1. The maximum absolute atomic E-state index is 12.6. The van der Waals surface area contributed by atoms with Crippen LogP contribution in [0.1, 0.15) is 37.3 Å². The van der Waals surface area contributed by atoms with Crippen molar-refractivity contribution in [3.05, 3.63) is 64.6 Å². The number of benzene rings is 2. The van der Waals surface area contributed by atoms with Gasteiger partial charge in [-0.15, -0.1) is 0 Å². The maximum Gasteiger partial charge on any atom is 0.419 e. The molecule has 7 heteroatoms. The molecule has 0 aliphatic carbocycles. The van der Waals surface area contributed by atoms with E-state index in [0.717, 1.165) is 18.8 Å². The Balaban J connectivity index is 1.40. The summed E-state index contributed by atoms with van der Waals surface area (Å²) in [6.45, 7) is 3.10. The van der Waals surface area contributed by atoms with Crippen molar-refractivity contribution < 1.29 is 18.8 Å². The molecule has 0 unspecified atom stereocenters. The van der Waals surface area contributed by atoms with Gasteiger partial charge < -0.3 is 19.4 Å². The summed E-state index contributed by atoms with van der Waals surface area (Å²) in [4.78, 5) is 26.2. The van der Waals surface area contributed by atoms with Crippen molar-refractivity contribution in [2.75, 3.05) is 26.7 Å². The second kappa shape index (κ2) is 9.83. The third-order valence-electron chi connectivity index (χ3n) is 6.15. The van der Waals surface area contributed by atoms with Gasteiger partial charge in [0.15, 0.2) is 5.58 Å². The Hall–Kier alpha value is -3.06. The molecular weight excluding hydrogens is 394 g/mol. The summed E-state index contributed by atoms with van der Waals surface area (Å²) in [6.07, 6.45) is 3.94. The Morgan fingerprint density at radius 2 is 1.87 bits per heavy atom. The SMILES string of the molecule is COc1ccc([C@H](CNC(=O)CCn2c(=O)oc3ccccc32)[NH+]2CCCCC2)cc1. The van der Waals surface area contributed by atoms with Crippen LogP contribution < -0.4 is 20.7 Å². The molecule has 0 spiro atoms. The summed E-state index contributed by atoms with van der Waals surface area (Å²) in [7, 11) is 1.66. The van der Waals surface area contributed by atoms with Crippen LogP contribution in [-0.4, -0.2) is 37.2 Å². The van der Waals surface area contributed by atoms with Gasteiger partial charge >= 0.3 is 5.76 Å². The number of quaternary nitrogens is 1. The van der Waals surface area contributed by atoms with E-state index in [1.54, 1.807) is 13.2 Å². The Morgan fingerprint density at radius 3 is 2.61 bits per heavy atom. The number of rotatable bonds is 8. The molecule has 164 valence electrons. The highest BCUT2D eigenvalue weighted by Crippen LogP contribution is 2.17. The molecule has 1 aliphatic heterocycles. The van der Waals surface area contributed by atoms with Gasteiger partial charge in [0.05, 0.1) is 32.3 Å². The third kappa shape index (κ3) is 4.99. The number of aromatic nitrogens is 1. The van der Waals surface area contributed by atoms with E-state index in [9.17, 15) is 9.59 Å². The van der Waals surface area contributed by atoms with Crippen LogP contribution in [0.15, 0.2) is 57.7 Å². The minimum Gasteiger partial charge on any atom is -0.497 e. The van der Waals surface area contributed by atoms with Crippen molar-refractivity contribution in [2.24, 2.45) is 0 Å². The van der Waals surface area contributed by atoms with Crippen LogP contribution in [0.4, 0.5) is 0 Å². The highest BCUT2D eigenvalue weighted by atomic mass is 16.5. The lowest BCUT2D eigenvalue weighted by Gasteiger charge is -2.32. The second-order valence-electron chi connectivity index (χ2n) is 8.09. The molecule has 1 aromatic heterocycles. The molecular formula is C24H30N3O4+. The molecule has 1 aliphatic rings. The number of piperidine rings is 1. The molecule has 3 aromatic rings. The topological polar surface area (TPSA) is 77.9 Å². The van der Waals surface area contributed by atoms with E-state index in [1.807, 2.05) is 30.3 Å². The molecule has 2 aromatic carbocycles. The molecule has 1 fully saturated rings. The van der Waals surface area contributed by atoms with E-state index in [-0.39, 0.29) is 18.4 Å². The monoisotopic (exact) mass is 424 g/mol. The van der Waals surface area contributed by atoms with Crippen molar-refractivity contribution in [2.45, 2.75) is 38.3 Å². The van der Waals surface area contributed by atoms with Crippen LogP contribution in [-0.2, 0) is 11.3 Å². The zero-order chi connectivity index (χ0) is 21.6. The maximum atomic E-state index is 12.6. The normalized spacial score (nSPS) is 15.6. The first kappa shape index (κ1) is 21.2. The Bertz CT molecular complexity index is 1060. The van der Waals surface area contributed by atoms with Gasteiger partial charge in [0.25, 0.3) is 0 Å². The van der Waals surface area contributed by atoms with E-state index in [2.05, 4.69) is 17.4 Å². The minimum atomic E-state index is -0.428. The van der Waals surface area contributed by atoms with Crippen LogP contribution >= 0.6 is 0 Å². The fourth-order valence-corrected chi connectivity index (χ4v) is 4.43. The number of nitrogens with one attached hydrogen (secondary N) is 2. The average molecular weight is 425 g/mol. The predicted molar refractivity (Wildman–Crippen MR) is 118 cm³/mol.